The summed E-state index contributed by atoms with van der Waals surface area (Å²) in [7, 11) is 3.90. The summed E-state index contributed by atoms with van der Waals surface area (Å²) in [6.45, 7) is 0. The molecule has 0 spiro atoms. The predicted octanol–water partition coefficient (Wildman–Crippen LogP) is 1.70. The van der Waals surface area contributed by atoms with Crippen molar-refractivity contribution in [1.82, 2.24) is 4.90 Å². The van der Waals surface area contributed by atoms with Gasteiger partial charge in [0.05, 0.1) is 0 Å². The molecule has 0 aromatic heterocycles. The first-order valence-corrected chi connectivity index (χ1v) is 3.98. The van der Waals surface area contributed by atoms with Gasteiger partial charge in [-0.3, -0.25) is 0 Å². The van der Waals surface area contributed by atoms with Crippen LogP contribution < -0.4 is 0 Å². The molecule has 3 heteroatoms. The molecular weight excluding hydrogens is 194 g/mol. The van der Waals surface area contributed by atoms with Crippen molar-refractivity contribution >= 4 is 15.9 Å². The third kappa shape index (κ3) is 1.77. The van der Waals surface area contributed by atoms with E-state index in [4.69, 9.17) is 4.74 Å². The second-order valence-electron chi connectivity index (χ2n) is 2.25. The number of ether oxygens (including phenoxy) is 1. The van der Waals surface area contributed by atoms with Crippen LogP contribution in [-0.4, -0.2) is 24.0 Å². The quantitative estimate of drug-likeness (QED) is 0.602. The van der Waals surface area contributed by atoms with Crippen LogP contribution in [0.25, 0.3) is 0 Å². The van der Waals surface area contributed by atoms with E-state index in [-0.39, 0.29) is 5.01 Å². The van der Waals surface area contributed by atoms with Crippen LogP contribution in [0.15, 0.2) is 24.1 Å². The first kappa shape index (κ1) is 7.66. The Morgan fingerprint density at radius 3 is 2.70 bits per heavy atom. The molecule has 0 aromatic carbocycles. The fourth-order valence-corrected chi connectivity index (χ4v) is 1.04. The number of alkyl halides is 1. The molecule has 1 rings (SSSR count). The SMILES string of the molecule is CN(C)C1=CC=CC(Br)O1. The Balaban J connectivity index is 2.61. The summed E-state index contributed by atoms with van der Waals surface area (Å²) in [5.74, 6) is 0.879. The Morgan fingerprint density at radius 2 is 2.30 bits per heavy atom. The standard InChI is InChI=1S/C7H10BrNO/c1-9(2)7-5-3-4-6(8)10-7/h3-6H,1-2H3. The van der Waals surface area contributed by atoms with E-state index in [0.29, 0.717) is 0 Å². The van der Waals surface area contributed by atoms with Crippen LogP contribution in [0.4, 0.5) is 0 Å². The average Bonchev–Trinajstić information content (AvgIpc) is 1.88. The molecule has 1 heterocycles. The molecule has 0 bridgehead atoms. The maximum Gasteiger partial charge on any atom is 0.190 e. The van der Waals surface area contributed by atoms with E-state index in [0.717, 1.165) is 5.88 Å². The Morgan fingerprint density at radius 1 is 1.60 bits per heavy atom. The van der Waals surface area contributed by atoms with Gasteiger partial charge in [0.2, 0.25) is 0 Å². The number of rotatable bonds is 1. The first-order valence-electron chi connectivity index (χ1n) is 3.06. The highest BCUT2D eigenvalue weighted by molar-refractivity contribution is 9.09. The minimum atomic E-state index is 0.0231. The normalized spacial score (nSPS) is 23.5. The molecule has 0 radical (unpaired) electrons. The largest absolute Gasteiger partial charge is 0.460 e. The van der Waals surface area contributed by atoms with E-state index in [9.17, 15) is 0 Å². The van der Waals surface area contributed by atoms with Crippen molar-refractivity contribution in [3.8, 4) is 0 Å². The van der Waals surface area contributed by atoms with Crippen molar-refractivity contribution in [2.24, 2.45) is 0 Å². The van der Waals surface area contributed by atoms with Crippen LogP contribution in [0.1, 0.15) is 0 Å². The zero-order chi connectivity index (χ0) is 7.56. The number of halogens is 1. The average molecular weight is 204 g/mol. The molecule has 0 saturated heterocycles. The number of allylic oxidation sites excluding steroid dienone is 2. The molecule has 0 aromatic rings. The molecule has 1 atom stereocenters. The summed E-state index contributed by atoms with van der Waals surface area (Å²) >= 11 is 3.32. The van der Waals surface area contributed by atoms with Gasteiger partial charge in [-0.25, -0.2) is 0 Å². The van der Waals surface area contributed by atoms with Crippen molar-refractivity contribution in [3.05, 3.63) is 24.1 Å². The van der Waals surface area contributed by atoms with Gasteiger partial charge in [-0.05, 0) is 28.1 Å². The highest BCUT2D eigenvalue weighted by Gasteiger charge is 2.08. The molecule has 0 amide bonds. The predicted molar refractivity (Wildman–Crippen MR) is 44.7 cm³/mol. The number of hydrogen-bond acceptors (Lipinski definition) is 2. The molecule has 0 aliphatic carbocycles. The fourth-order valence-electron chi connectivity index (χ4n) is 0.674. The molecule has 10 heavy (non-hydrogen) atoms. The van der Waals surface area contributed by atoms with Crippen molar-refractivity contribution in [2.45, 2.75) is 5.01 Å². The number of hydrogen-bond donors (Lipinski definition) is 0. The highest BCUT2D eigenvalue weighted by Crippen LogP contribution is 2.15. The Kier molecular flexibility index (Phi) is 2.38. The van der Waals surface area contributed by atoms with Crippen LogP contribution in [0.2, 0.25) is 0 Å². The molecule has 0 saturated carbocycles. The van der Waals surface area contributed by atoms with Crippen molar-refractivity contribution < 1.29 is 4.74 Å². The van der Waals surface area contributed by atoms with E-state index in [1.165, 1.54) is 0 Å². The Labute approximate surface area is 69.3 Å². The van der Waals surface area contributed by atoms with Gasteiger partial charge in [0.1, 0.15) is 0 Å². The monoisotopic (exact) mass is 203 g/mol. The van der Waals surface area contributed by atoms with Crippen LogP contribution >= 0.6 is 15.9 Å². The smallest absolute Gasteiger partial charge is 0.190 e. The Bertz CT molecular complexity index is 174. The molecule has 1 aliphatic rings. The summed E-state index contributed by atoms with van der Waals surface area (Å²) in [6.07, 6.45) is 5.84. The third-order valence-electron chi connectivity index (χ3n) is 1.18. The summed E-state index contributed by atoms with van der Waals surface area (Å²) in [5, 5.41) is 0.0231. The molecule has 0 N–H and O–H groups in total. The maximum atomic E-state index is 5.36. The zero-order valence-electron chi connectivity index (χ0n) is 6.04. The second-order valence-corrected chi connectivity index (χ2v) is 3.16. The fraction of sp³-hybridized carbons (Fsp3) is 0.429. The zero-order valence-corrected chi connectivity index (χ0v) is 7.63. The minimum Gasteiger partial charge on any atom is -0.460 e. The third-order valence-corrected chi connectivity index (χ3v) is 1.67. The lowest BCUT2D eigenvalue weighted by molar-refractivity contribution is 0.146. The molecule has 1 aliphatic heterocycles. The number of nitrogens with zero attached hydrogens (tertiary/aromatic N) is 1. The first-order chi connectivity index (χ1) is 4.70. The topological polar surface area (TPSA) is 12.5 Å². The van der Waals surface area contributed by atoms with Crippen LogP contribution in [0, 0.1) is 0 Å². The highest BCUT2D eigenvalue weighted by atomic mass is 79.9. The lowest BCUT2D eigenvalue weighted by Crippen LogP contribution is -2.18. The van der Waals surface area contributed by atoms with E-state index in [1.807, 2.05) is 37.2 Å². The minimum absolute atomic E-state index is 0.0231. The van der Waals surface area contributed by atoms with Gasteiger partial charge in [-0.1, -0.05) is 6.08 Å². The second kappa shape index (κ2) is 3.10. The van der Waals surface area contributed by atoms with Gasteiger partial charge in [0.25, 0.3) is 0 Å². The molecule has 56 valence electrons. The Hall–Kier alpha value is -0.440. The molecular formula is C7H10BrNO. The lowest BCUT2D eigenvalue weighted by Gasteiger charge is -2.21. The van der Waals surface area contributed by atoms with Crippen LogP contribution in [-0.2, 0) is 4.74 Å². The van der Waals surface area contributed by atoms with E-state index < -0.39 is 0 Å². The van der Waals surface area contributed by atoms with E-state index in [1.54, 1.807) is 0 Å². The van der Waals surface area contributed by atoms with E-state index >= 15 is 0 Å². The van der Waals surface area contributed by atoms with Gasteiger partial charge in [-0.15, -0.1) is 0 Å². The summed E-state index contributed by atoms with van der Waals surface area (Å²) < 4.78 is 5.36. The maximum absolute atomic E-state index is 5.36. The lowest BCUT2D eigenvalue weighted by atomic mass is 10.4. The van der Waals surface area contributed by atoms with Gasteiger partial charge in [0.15, 0.2) is 10.9 Å². The molecule has 0 fully saturated rings. The molecule has 1 unspecified atom stereocenters. The van der Waals surface area contributed by atoms with E-state index in [2.05, 4.69) is 15.9 Å². The van der Waals surface area contributed by atoms with Gasteiger partial charge >= 0.3 is 0 Å². The molecule has 2 nitrogen and oxygen atoms in total. The van der Waals surface area contributed by atoms with Crippen LogP contribution in [0.3, 0.4) is 0 Å². The van der Waals surface area contributed by atoms with Crippen LogP contribution in [0.5, 0.6) is 0 Å². The van der Waals surface area contributed by atoms with Gasteiger partial charge in [-0.2, -0.15) is 0 Å². The van der Waals surface area contributed by atoms with Crippen molar-refractivity contribution in [3.63, 3.8) is 0 Å². The van der Waals surface area contributed by atoms with Crippen molar-refractivity contribution in [1.29, 1.82) is 0 Å². The summed E-state index contributed by atoms with van der Waals surface area (Å²) in [4.78, 5) is 1.93. The van der Waals surface area contributed by atoms with Crippen molar-refractivity contribution in [2.75, 3.05) is 14.1 Å². The van der Waals surface area contributed by atoms with Gasteiger partial charge in [0, 0.05) is 14.1 Å². The summed E-state index contributed by atoms with van der Waals surface area (Å²) in [5.41, 5.74) is 0. The summed E-state index contributed by atoms with van der Waals surface area (Å²) in [6, 6.07) is 0. The van der Waals surface area contributed by atoms with Gasteiger partial charge < -0.3 is 9.64 Å².